The Kier molecular flexibility index (Phi) is 5.87. The van der Waals surface area contributed by atoms with E-state index < -0.39 is 26.3 Å². The smallest absolute Gasteiger partial charge is 0.332 e. The van der Waals surface area contributed by atoms with Gasteiger partial charge in [-0.3, -0.25) is 34.4 Å². The molecule has 4 unspecified atom stereocenters. The summed E-state index contributed by atoms with van der Waals surface area (Å²) in [6, 6.07) is 18.8. The quantitative estimate of drug-likeness (QED) is 0.317. The van der Waals surface area contributed by atoms with Gasteiger partial charge in [0.15, 0.2) is 11.4 Å². The highest BCUT2D eigenvalue weighted by atomic mass is 35.5. The number of halogens is 2. The van der Waals surface area contributed by atoms with E-state index >= 15 is 4.79 Å². The van der Waals surface area contributed by atoms with Crippen LogP contribution in [-0.2, 0) is 20.0 Å². The number of non-ortho nitro benzene ring substituents is 1. The molecule has 4 atom stereocenters. The molecule has 0 bridgehead atoms. The van der Waals surface area contributed by atoms with Gasteiger partial charge in [0.25, 0.3) is 11.6 Å². The molecule has 44 heavy (non-hydrogen) atoms. The van der Waals surface area contributed by atoms with Crippen molar-refractivity contribution in [3.8, 4) is 0 Å². The highest BCUT2D eigenvalue weighted by molar-refractivity contribution is 8.03. The Labute approximate surface area is 265 Å². The summed E-state index contributed by atoms with van der Waals surface area (Å²) >= 11 is 14.5. The number of carbonyl (C=O) groups is 2. The van der Waals surface area contributed by atoms with Gasteiger partial charge in [0.05, 0.1) is 20.5 Å². The Balaban J connectivity index is 1.35. The topological polar surface area (TPSA) is 121 Å². The van der Waals surface area contributed by atoms with Crippen LogP contribution in [0.3, 0.4) is 0 Å². The SMILES string of the molecule is CN1CC(c2ccc([N+](=O)[O-])cc2)C2(SC34ON=C(c5c(Cl)cccc5Cl)N3CCCN4C2=O)C12C(=O)Nc1ccccc12. The molecular formula is C30H24Cl2N6O5S. The molecule has 5 aliphatic rings. The molecule has 3 aromatic carbocycles. The van der Waals surface area contributed by atoms with Crippen LogP contribution < -0.4 is 5.32 Å². The molecule has 3 saturated heterocycles. The van der Waals surface area contributed by atoms with E-state index in [4.69, 9.17) is 28.0 Å². The fourth-order valence-corrected chi connectivity index (χ4v) is 10.4. The Morgan fingerprint density at radius 3 is 2.45 bits per heavy atom. The second-order valence-corrected chi connectivity index (χ2v) is 13.6. The number of oxime groups is 1. The van der Waals surface area contributed by atoms with Crippen LogP contribution in [0.1, 0.15) is 29.0 Å². The average molecular weight is 652 g/mol. The predicted molar refractivity (Wildman–Crippen MR) is 165 cm³/mol. The van der Waals surface area contributed by atoms with E-state index in [2.05, 4.69) is 10.5 Å². The van der Waals surface area contributed by atoms with Crippen LogP contribution in [0.25, 0.3) is 0 Å². The number of carbonyl (C=O) groups excluding carboxylic acids is 2. The lowest BCUT2D eigenvalue weighted by molar-refractivity contribution is -0.384. The van der Waals surface area contributed by atoms with Crippen molar-refractivity contribution in [2.75, 3.05) is 32.0 Å². The first-order chi connectivity index (χ1) is 21.2. The lowest BCUT2D eigenvalue weighted by Gasteiger charge is -2.43. The van der Waals surface area contributed by atoms with Gasteiger partial charge in [-0.2, -0.15) is 0 Å². The van der Waals surface area contributed by atoms with Gasteiger partial charge in [0.1, 0.15) is 4.75 Å². The molecule has 0 radical (unpaired) electrons. The van der Waals surface area contributed by atoms with Gasteiger partial charge in [-0.25, -0.2) is 0 Å². The number of nitrogens with zero attached hydrogens (tertiary/aromatic N) is 5. The fourth-order valence-electron chi connectivity index (χ4n) is 7.69. The van der Waals surface area contributed by atoms with Gasteiger partial charge >= 0.3 is 5.18 Å². The first-order valence-electron chi connectivity index (χ1n) is 14.0. The average Bonchev–Trinajstić information content (AvgIpc) is 3.69. The molecule has 0 aromatic heterocycles. The van der Waals surface area contributed by atoms with Crippen molar-refractivity contribution in [2.45, 2.75) is 27.8 Å². The third-order valence-corrected chi connectivity index (χ3v) is 11.9. The normalized spacial score (nSPS) is 30.3. The fraction of sp³-hybridized carbons (Fsp3) is 0.300. The second kappa shape index (κ2) is 9.33. The molecule has 224 valence electrons. The largest absolute Gasteiger partial charge is 0.344 e. The van der Waals surface area contributed by atoms with Crippen molar-refractivity contribution in [3.05, 3.63) is 104 Å². The highest BCUT2D eigenvalue weighted by Gasteiger charge is 2.83. The number of para-hydroxylation sites is 1. The number of amides is 2. The number of thioether (sulfide) groups is 1. The molecule has 0 aliphatic carbocycles. The Bertz CT molecular complexity index is 1810. The van der Waals surface area contributed by atoms with Crippen LogP contribution in [0.5, 0.6) is 0 Å². The van der Waals surface area contributed by atoms with Crippen LogP contribution >= 0.6 is 35.0 Å². The second-order valence-electron chi connectivity index (χ2n) is 11.4. The van der Waals surface area contributed by atoms with Crippen molar-refractivity contribution < 1.29 is 19.3 Å². The molecule has 2 amide bonds. The van der Waals surface area contributed by atoms with Crippen molar-refractivity contribution in [2.24, 2.45) is 5.16 Å². The van der Waals surface area contributed by atoms with E-state index in [1.807, 2.05) is 41.1 Å². The lowest BCUT2D eigenvalue weighted by atomic mass is 9.72. The molecule has 14 heteroatoms. The van der Waals surface area contributed by atoms with Crippen molar-refractivity contribution in [1.82, 2.24) is 14.7 Å². The van der Waals surface area contributed by atoms with Gasteiger partial charge in [0, 0.05) is 48.9 Å². The number of likely N-dealkylation sites (tertiary alicyclic amines) is 1. The standard InChI is InChI=1S/C30H24Cl2N6O5S/c1-35-16-20(17-10-12-18(13-11-17)38(41)42)29(28(35)19-6-2-3-9-23(19)33-26(28)39)27(40)37-15-5-14-36-25(34-43-30(36,37)44-29)24-21(31)7-4-8-22(24)32/h2-4,6-13,20H,5,14-16H2,1H3,(H,33,39). The monoisotopic (exact) mass is 650 g/mol. The summed E-state index contributed by atoms with van der Waals surface area (Å²) in [4.78, 5) is 52.6. The third kappa shape index (κ3) is 3.21. The van der Waals surface area contributed by atoms with Gasteiger partial charge in [-0.15, -0.1) is 0 Å². The van der Waals surface area contributed by atoms with Crippen molar-refractivity contribution >= 4 is 64.0 Å². The minimum atomic E-state index is -1.45. The minimum Gasteiger partial charge on any atom is -0.332 e. The number of hydrogen-bond acceptors (Lipinski definition) is 9. The van der Waals surface area contributed by atoms with Crippen LogP contribution in [0.15, 0.2) is 71.9 Å². The van der Waals surface area contributed by atoms with Crippen molar-refractivity contribution in [3.63, 3.8) is 0 Å². The van der Waals surface area contributed by atoms with Crippen LogP contribution in [0, 0.1) is 10.1 Å². The van der Waals surface area contributed by atoms with E-state index in [1.54, 1.807) is 35.2 Å². The number of anilines is 1. The van der Waals surface area contributed by atoms with Gasteiger partial charge in [-0.05, 0) is 49.0 Å². The maximum Gasteiger partial charge on any atom is 0.344 e. The van der Waals surface area contributed by atoms with E-state index in [-0.39, 0.29) is 17.5 Å². The zero-order chi connectivity index (χ0) is 30.6. The molecule has 0 saturated carbocycles. The maximum absolute atomic E-state index is 15.3. The number of likely N-dealkylation sites (N-methyl/N-ethyl adjacent to an activating group) is 1. The Morgan fingerprint density at radius 1 is 1.02 bits per heavy atom. The number of amidine groups is 1. The first-order valence-corrected chi connectivity index (χ1v) is 15.6. The van der Waals surface area contributed by atoms with E-state index in [0.29, 0.717) is 64.3 Å². The Morgan fingerprint density at radius 2 is 1.73 bits per heavy atom. The van der Waals surface area contributed by atoms with Gasteiger partial charge in [0.2, 0.25) is 5.91 Å². The summed E-state index contributed by atoms with van der Waals surface area (Å²) in [7, 11) is 1.84. The first kappa shape index (κ1) is 27.7. The molecular weight excluding hydrogens is 627 g/mol. The number of rotatable bonds is 3. The zero-order valence-corrected chi connectivity index (χ0v) is 25.5. The number of fused-ring (bicyclic) bond motifs is 3. The summed E-state index contributed by atoms with van der Waals surface area (Å²) in [5.74, 6) is -0.733. The molecule has 3 spiro atoms. The molecule has 5 aliphatic heterocycles. The number of nitrogens with one attached hydrogen (secondary N) is 1. The zero-order valence-electron chi connectivity index (χ0n) is 23.2. The highest BCUT2D eigenvalue weighted by Crippen LogP contribution is 2.70. The number of nitro benzene ring substituents is 1. The molecule has 3 fully saturated rings. The summed E-state index contributed by atoms with van der Waals surface area (Å²) < 4.78 is -1.45. The van der Waals surface area contributed by atoms with Crippen LogP contribution in [0.4, 0.5) is 11.4 Å². The summed E-state index contributed by atoms with van der Waals surface area (Å²) in [5.41, 5.74) is 1.03. The van der Waals surface area contributed by atoms with E-state index in [0.717, 1.165) is 0 Å². The summed E-state index contributed by atoms with van der Waals surface area (Å²) in [5, 5.41) is 18.4. The molecule has 11 nitrogen and oxygen atoms in total. The number of nitro groups is 1. The third-order valence-electron chi connectivity index (χ3n) is 9.45. The predicted octanol–water partition coefficient (Wildman–Crippen LogP) is 4.80. The molecule has 1 N–H and O–H groups in total. The van der Waals surface area contributed by atoms with Crippen LogP contribution in [-0.4, -0.2) is 73.9 Å². The number of hydrogen-bond donors (Lipinski definition) is 1. The van der Waals surface area contributed by atoms with Crippen LogP contribution in [0.2, 0.25) is 10.0 Å². The summed E-state index contributed by atoms with van der Waals surface area (Å²) in [6.45, 7) is 1.20. The van der Waals surface area contributed by atoms with Gasteiger partial charge in [-0.1, -0.05) is 64.8 Å². The number of benzene rings is 3. The molecule has 3 aromatic rings. The van der Waals surface area contributed by atoms with E-state index in [1.165, 1.54) is 23.9 Å². The Hall–Kier alpha value is -3.84. The molecule has 8 rings (SSSR count). The molecule has 5 heterocycles. The maximum atomic E-state index is 15.3. The van der Waals surface area contributed by atoms with E-state index in [9.17, 15) is 14.9 Å². The van der Waals surface area contributed by atoms with Gasteiger partial charge < -0.3 is 10.2 Å². The minimum absolute atomic E-state index is 0.0609. The lowest BCUT2D eigenvalue weighted by Crippen LogP contribution is -2.63. The summed E-state index contributed by atoms with van der Waals surface area (Å²) in [6.07, 6.45) is 0.613. The van der Waals surface area contributed by atoms with Crippen molar-refractivity contribution in [1.29, 1.82) is 0 Å².